The van der Waals surface area contributed by atoms with Gasteiger partial charge >= 0.3 is 5.97 Å². The van der Waals surface area contributed by atoms with E-state index in [9.17, 15) is 10.1 Å². The molecule has 0 saturated carbocycles. The third-order valence-electron chi connectivity index (χ3n) is 3.76. The Balaban J connectivity index is 2.43. The van der Waals surface area contributed by atoms with Crippen LogP contribution in [0.2, 0.25) is 10.0 Å². The van der Waals surface area contributed by atoms with Gasteiger partial charge in [-0.3, -0.25) is 4.79 Å². The van der Waals surface area contributed by atoms with Gasteiger partial charge in [-0.25, -0.2) is 0 Å². The average Bonchev–Trinajstić information content (AvgIpc) is 2.58. The third-order valence-corrected chi connectivity index (χ3v) is 4.50. The first-order valence-corrected chi connectivity index (χ1v) is 8.37. The van der Waals surface area contributed by atoms with Crippen molar-refractivity contribution in [1.29, 1.82) is 5.26 Å². The fraction of sp³-hybridized carbons (Fsp3) is 0.263. The lowest BCUT2D eigenvalue weighted by atomic mass is 9.80. The van der Waals surface area contributed by atoms with Gasteiger partial charge in [0.15, 0.2) is 0 Å². The van der Waals surface area contributed by atoms with Crippen LogP contribution in [0.25, 0.3) is 0 Å². The summed E-state index contributed by atoms with van der Waals surface area (Å²) < 4.78 is 5.07. The van der Waals surface area contributed by atoms with Crippen LogP contribution < -0.4 is 0 Å². The highest BCUT2D eigenvalue weighted by molar-refractivity contribution is 6.42. The molecular formula is C19H17Cl2NO2. The molecule has 0 aliphatic heterocycles. The Hall–Kier alpha value is -2.02. The van der Waals surface area contributed by atoms with Gasteiger partial charge in [-0.2, -0.15) is 5.26 Å². The average molecular weight is 362 g/mol. The molecule has 24 heavy (non-hydrogen) atoms. The minimum absolute atomic E-state index is 0.0962. The molecule has 3 nitrogen and oxygen atoms in total. The molecule has 0 spiro atoms. The highest BCUT2D eigenvalue weighted by Crippen LogP contribution is 2.37. The highest BCUT2D eigenvalue weighted by Gasteiger charge is 2.28. The van der Waals surface area contributed by atoms with E-state index in [1.807, 2.05) is 30.3 Å². The fourth-order valence-corrected chi connectivity index (χ4v) is 2.93. The van der Waals surface area contributed by atoms with E-state index in [-0.39, 0.29) is 18.3 Å². The Morgan fingerprint density at radius 3 is 2.42 bits per heavy atom. The van der Waals surface area contributed by atoms with E-state index in [0.717, 1.165) is 11.1 Å². The third kappa shape index (κ3) is 4.50. The van der Waals surface area contributed by atoms with Crippen LogP contribution in [0.4, 0.5) is 0 Å². The molecule has 2 aromatic carbocycles. The van der Waals surface area contributed by atoms with Gasteiger partial charge in [0.25, 0.3) is 0 Å². The Bertz CT molecular complexity index is 741. The van der Waals surface area contributed by atoms with Crippen LogP contribution in [-0.2, 0) is 9.53 Å². The van der Waals surface area contributed by atoms with E-state index in [0.29, 0.717) is 16.7 Å². The lowest BCUT2D eigenvalue weighted by Gasteiger charge is -2.22. The van der Waals surface area contributed by atoms with Crippen LogP contribution in [-0.4, -0.2) is 12.6 Å². The molecule has 0 fully saturated rings. The molecule has 124 valence electrons. The van der Waals surface area contributed by atoms with Crippen molar-refractivity contribution in [3.05, 3.63) is 69.7 Å². The van der Waals surface area contributed by atoms with Crippen LogP contribution in [0.3, 0.4) is 0 Å². The Morgan fingerprint density at radius 2 is 1.83 bits per heavy atom. The lowest BCUT2D eigenvalue weighted by molar-refractivity contribution is -0.143. The molecule has 2 unspecified atom stereocenters. The predicted molar refractivity (Wildman–Crippen MR) is 95.2 cm³/mol. The van der Waals surface area contributed by atoms with E-state index >= 15 is 0 Å². The minimum atomic E-state index is -0.493. The van der Waals surface area contributed by atoms with Crippen LogP contribution in [0.15, 0.2) is 48.5 Å². The Labute approximate surface area is 151 Å². The molecule has 0 N–H and O–H groups in total. The standard InChI is InChI=1S/C19H17Cl2NO2/c1-2-24-19(23)11-15(14-8-9-17(20)18(21)10-14)16(12-22)13-6-4-3-5-7-13/h3-10,15-16H,2,11H2,1H3. The smallest absolute Gasteiger partial charge is 0.306 e. The van der Waals surface area contributed by atoms with Crippen LogP contribution >= 0.6 is 23.2 Å². The van der Waals surface area contributed by atoms with Crippen molar-refractivity contribution in [1.82, 2.24) is 0 Å². The summed E-state index contributed by atoms with van der Waals surface area (Å²) in [6.45, 7) is 2.06. The molecule has 0 saturated heterocycles. The van der Waals surface area contributed by atoms with E-state index in [2.05, 4.69) is 6.07 Å². The molecule has 0 aliphatic carbocycles. The molecular weight excluding hydrogens is 345 g/mol. The van der Waals surface area contributed by atoms with E-state index in [4.69, 9.17) is 27.9 Å². The van der Waals surface area contributed by atoms with Crippen LogP contribution in [0, 0.1) is 11.3 Å². The van der Waals surface area contributed by atoms with Crippen molar-refractivity contribution in [3.63, 3.8) is 0 Å². The summed E-state index contributed by atoms with van der Waals surface area (Å²) in [6.07, 6.45) is 0.0962. The molecule has 2 atom stereocenters. The van der Waals surface area contributed by atoms with Crippen molar-refractivity contribution in [2.45, 2.75) is 25.2 Å². The number of benzene rings is 2. The zero-order chi connectivity index (χ0) is 17.5. The Kier molecular flexibility index (Phi) is 6.66. The van der Waals surface area contributed by atoms with Gasteiger partial charge in [-0.1, -0.05) is 59.6 Å². The number of halogens is 2. The van der Waals surface area contributed by atoms with Gasteiger partial charge < -0.3 is 4.74 Å². The van der Waals surface area contributed by atoms with E-state index < -0.39 is 5.92 Å². The summed E-state index contributed by atoms with van der Waals surface area (Å²) in [5.41, 5.74) is 1.63. The lowest BCUT2D eigenvalue weighted by Crippen LogP contribution is -2.16. The second kappa shape index (κ2) is 8.73. The summed E-state index contributed by atoms with van der Waals surface area (Å²) in [7, 11) is 0. The maximum absolute atomic E-state index is 12.0. The number of ether oxygens (including phenoxy) is 1. The molecule has 0 aromatic heterocycles. The molecule has 0 aliphatic rings. The summed E-state index contributed by atoms with van der Waals surface area (Å²) in [6, 6.07) is 16.9. The fourth-order valence-electron chi connectivity index (χ4n) is 2.63. The van der Waals surface area contributed by atoms with Crippen molar-refractivity contribution >= 4 is 29.2 Å². The number of nitriles is 1. The minimum Gasteiger partial charge on any atom is -0.466 e. The van der Waals surface area contributed by atoms with Crippen molar-refractivity contribution in [3.8, 4) is 6.07 Å². The zero-order valence-electron chi connectivity index (χ0n) is 13.2. The van der Waals surface area contributed by atoms with Gasteiger partial charge in [0, 0.05) is 5.92 Å². The number of hydrogen-bond acceptors (Lipinski definition) is 3. The number of rotatable bonds is 6. The van der Waals surface area contributed by atoms with Crippen molar-refractivity contribution in [2.75, 3.05) is 6.61 Å². The molecule has 2 rings (SSSR count). The molecule has 0 amide bonds. The van der Waals surface area contributed by atoms with Gasteiger partial charge in [0.1, 0.15) is 0 Å². The van der Waals surface area contributed by atoms with Crippen LogP contribution in [0.5, 0.6) is 0 Å². The summed E-state index contributed by atoms with van der Waals surface area (Å²) in [4.78, 5) is 12.0. The first kappa shape index (κ1) is 18.3. The molecule has 2 aromatic rings. The molecule has 5 heteroatoms. The van der Waals surface area contributed by atoms with Gasteiger partial charge in [-0.15, -0.1) is 0 Å². The topological polar surface area (TPSA) is 50.1 Å². The Morgan fingerprint density at radius 1 is 1.12 bits per heavy atom. The predicted octanol–water partition coefficient (Wildman–Crippen LogP) is 5.34. The maximum Gasteiger partial charge on any atom is 0.306 e. The molecule has 0 radical (unpaired) electrons. The van der Waals surface area contributed by atoms with Gasteiger partial charge in [0.05, 0.1) is 35.1 Å². The number of nitrogens with zero attached hydrogens (tertiary/aromatic N) is 1. The van der Waals surface area contributed by atoms with E-state index in [1.54, 1.807) is 25.1 Å². The maximum atomic E-state index is 12.0. The summed E-state index contributed by atoms with van der Waals surface area (Å²) in [5.74, 6) is -1.20. The monoisotopic (exact) mass is 361 g/mol. The molecule has 0 heterocycles. The van der Waals surface area contributed by atoms with Gasteiger partial charge in [-0.05, 0) is 30.2 Å². The van der Waals surface area contributed by atoms with Gasteiger partial charge in [0.2, 0.25) is 0 Å². The van der Waals surface area contributed by atoms with E-state index in [1.165, 1.54) is 0 Å². The summed E-state index contributed by atoms with van der Waals surface area (Å²) in [5, 5.41) is 10.5. The zero-order valence-corrected chi connectivity index (χ0v) is 14.7. The number of carbonyl (C=O) groups is 1. The van der Waals surface area contributed by atoms with Crippen molar-refractivity contribution in [2.24, 2.45) is 0 Å². The van der Waals surface area contributed by atoms with Crippen molar-refractivity contribution < 1.29 is 9.53 Å². The SMILES string of the molecule is CCOC(=O)CC(c1ccc(Cl)c(Cl)c1)C(C#N)c1ccccc1. The summed E-state index contributed by atoms with van der Waals surface area (Å²) >= 11 is 12.1. The largest absolute Gasteiger partial charge is 0.466 e. The normalized spacial score (nSPS) is 12.9. The highest BCUT2D eigenvalue weighted by atomic mass is 35.5. The number of esters is 1. The number of carbonyl (C=O) groups excluding carboxylic acids is 1. The first-order chi connectivity index (χ1) is 11.6. The molecule has 0 bridgehead atoms. The number of hydrogen-bond donors (Lipinski definition) is 0. The quantitative estimate of drug-likeness (QED) is 0.652. The second-order valence-electron chi connectivity index (χ2n) is 5.31. The first-order valence-electron chi connectivity index (χ1n) is 7.62. The second-order valence-corrected chi connectivity index (χ2v) is 6.12. The van der Waals surface area contributed by atoms with Crippen LogP contribution in [0.1, 0.15) is 36.3 Å².